The lowest BCUT2D eigenvalue weighted by Gasteiger charge is -2.28. The van der Waals surface area contributed by atoms with E-state index in [2.05, 4.69) is 20.5 Å². The molecule has 1 heterocycles. The Labute approximate surface area is 155 Å². The molecule has 1 atom stereocenters. The van der Waals surface area contributed by atoms with Crippen LogP contribution in [0.3, 0.4) is 0 Å². The zero-order valence-electron chi connectivity index (χ0n) is 16.1. The molecule has 26 heavy (non-hydrogen) atoms. The smallest absolute Gasteiger partial charge is 0.191 e. The van der Waals surface area contributed by atoms with E-state index in [-0.39, 0.29) is 5.56 Å². The molecule has 2 N–H and O–H groups in total. The Morgan fingerprint density at radius 2 is 1.81 bits per heavy atom. The van der Waals surface area contributed by atoms with Gasteiger partial charge in [0.05, 0.1) is 6.04 Å². The van der Waals surface area contributed by atoms with Gasteiger partial charge >= 0.3 is 0 Å². The quantitative estimate of drug-likeness (QED) is 0.573. The summed E-state index contributed by atoms with van der Waals surface area (Å²) < 4.78 is 28.3. The second-order valence-corrected chi connectivity index (χ2v) is 6.90. The maximum atomic E-state index is 14.1. The van der Waals surface area contributed by atoms with Crippen LogP contribution in [0, 0.1) is 11.6 Å². The number of nitrogens with one attached hydrogen (secondary N) is 2. The first-order chi connectivity index (χ1) is 12.5. The summed E-state index contributed by atoms with van der Waals surface area (Å²) in [6.07, 6.45) is 3.86. The van der Waals surface area contributed by atoms with Gasteiger partial charge in [0.2, 0.25) is 0 Å². The molecule has 0 radical (unpaired) electrons. The van der Waals surface area contributed by atoms with Crippen molar-refractivity contribution in [2.45, 2.75) is 25.3 Å². The third-order valence-corrected chi connectivity index (χ3v) is 4.81. The normalized spacial score (nSPS) is 17.4. The van der Waals surface area contributed by atoms with Crippen LogP contribution in [0.2, 0.25) is 0 Å². The Bertz CT molecular complexity index is 565. The fourth-order valence-electron chi connectivity index (χ4n) is 3.30. The Morgan fingerprint density at radius 3 is 2.38 bits per heavy atom. The zero-order valence-corrected chi connectivity index (χ0v) is 16.1. The number of hydrogen-bond acceptors (Lipinski definition) is 3. The van der Waals surface area contributed by atoms with E-state index in [0.29, 0.717) is 12.5 Å². The van der Waals surface area contributed by atoms with E-state index in [1.807, 2.05) is 14.1 Å². The van der Waals surface area contributed by atoms with Crippen molar-refractivity contribution >= 4 is 5.96 Å². The predicted octanol–water partition coefficient (Wildman–Crippen LogP) is 2.22. The molecule has 5 nitrogen and oxygen atoms in total. The minimum Gasteiger partial charge on any atom is -0.355 e. The Kier molecular flexibility index (Phi) is 8.25. The van der Waals surface area contributed by atoms with E-state index in [0.717, 1.165) is 26.2 Å². The second kappa shape index (κ2) is 10.4. The van der Waals surface area contributed by atoms with Crippen molar-refractivity contribution in [3.8, 4) is 0 Å². The summed E-state index contributed by atoms with van der Waals surface area (Å²) in [5.74, 6) is -0.414. The number of benzene rings is 1. The number of guanidine groups is 1. The van der Waals surface area contributed by atoms with Crippen molar-refractivity contribution in [3.63, 3.8) is 0 Å². The van der Waals surface area contributed by atoms with Crippen molar-refractivity contribution in [1.82, 2.24) is 20.4 Å². The van der Waals surface area contributed by atoms with Crippen LogP contribution in [0.5, 0.6) is 0 Å². The third-order valence-electron chi connectivity index (χ3n) is 4.81. The molecule has 1 aromatic carbocycles. The Morgan fingerprint density at radius 1 is 1.15 bits per heavy atom. The molecule has 7 heteroatoms. The van der Waals surface area contributed by atoms with Crippen LogP contribution >= 0.6 is 0 Å². The highest BCUT2D eigenvalue weighted by atomic mass is 19.1. The number of nitrogens with zero attached hydrogens (tertiary/aromatic N) is 3. The summed E-state index contributed by atoms with van der Waals surface area (Å²) in [6.45, 7) is 4.43. The number of aliphatic imine (C=N–C) groups is 1. The van der Waals surface area contributed by atoms with Gasteiger partial charge in [-0.2, -0.15) is 0 Å². The van der Waals surface area contributed by atoms with Gasteiger partial charge < -0.3 is 20.4 Å². The van der Waals surface area contributed by atoms with Gasteiger partial charge in [-0.05, 0) is 52.2 Å². The summed E-state index contributed by atoms with van der Waals surface area (Å²) in [6, 6.07) is 3.54. The number of hydrogen-bond donors (Lipinski definition) is 2. The topological polar surface area (TPSA) is 42.9 Å². The van der Waals surface area contributed by atoms with Crippen LogP contribution in [0.1, 0.15) is 30.9 Å². The van der Waals surface area contributed by atoms with Gasteiger partial charge in [-0.25, -0.2) is 8.78 Å². The maximum absolute atomic E-state index is 14.1. The molecule has 1 saturated heterocycles. The summed E-state index contributed by atoms with van der Waals surface area (Å²) in [5, 5.41) is 6.47. The molecule has 0 aliphatic carbocycles. The van der Waals surface area contributed by atoms with E-state index >= 15 is 0 Å². The molecular weight excluding hydrogens is 336 g/mol. The maximum Gasteiger partial charge on any atom is 0.191 e. The first-order valence-corrected chi connectivity index (χ1v) is 9.30. The number of likely N-dealkylation sites (tertiary alicyclic amines) is 1. The number of piperidine rings is 1. The number of halogens is 2. The summed E-state index contributed by atoms with van der Waals surface area (Å²) >= 11 is 0. The van der Waals surface area contributed by atoms with Gasteiger partial charge in [-0.3, -0.25) is 4.99 Å². The van der Waals surface area contributed by atoms with Crippen molar-refractivity contribution < 1.29 is 8.78 Å². The first-order valence-electron chi connectivity index (χ1n) is 9.30. The standard InChI is InChI=1S/C19H31F2N5/c1-22-19(23-10-13-26-11-5-4-6-12-26)24-14-17(25(2)3)18-15(20)8-7-9-16(18)21/h7-9,17H,4-6,10-14H2,1-3H3,(H2,22,23,24). The Balaban J connectivity index is 1.88. The molecule has 1 unspecified atom stereocenters. The molecule has 2 rings (SSSR count). The average molecular weight is 367 g/mol. The highest BCUT2D eigenvalue weighted by Crippen LogP contribution is 2.23. The third kappa shape index (κ3) is 5.92. The van der Waals surface area contributed by atoms with Crippen LogP contribution in [-0.4, -0.2) is 69.6 Å². The summed E-state index contributed by atoms with van der Waals surface area (Å²) in [5.41, 5.74) is 0.0776. The molecule has 0 amide bonds. The molecule has 1 fully saturated rings. The van der Waals surface area contributed by atoms with Crippen LogP contribution < -0.4 is 10.6 Å². The Hall–Kier alpha value is -1.73. The highest BCUT2D eigenvalue weighted by Gasteiger charge is 2.22. The zero-order chi connectivity index (χ0) is 18.9. The number of likely N-dealkylation sites (N-methyl/N-ethyl adjacent to an activating group) is 1. The largest absolute Gasteiger partial charge is 0.355 e. The van der Waals surface area contributed by atoms with Crippen LogP contribution in [0.25, 0.3) is 0 Å². The van der Waals surface area contributed by atoms with Gasteiger partial charge in [-0.15, -0.1) is 0 Å². The van der Waals surface area contributed by atoms with E-state index in [1.54, 1.807) is 11.9 Å². The van der Waals surface area contributed by atoms with Crippen LogP contribution in [-0.2, 0) is 0 Å². The van der Waals surface area contributed by atoms with Crippen molar-refractivity contribution in [2.24, 2.45) is 4.99 Å². The van der Waals surface area contributed by atoms with E-state index < -0.39 is 17.7 Å². The van der Waals surface area contributed by atoms with E-state index in [9.17, 15) is 8.78 Å². The molecule has 1 aliphatic heterocycles. The number of rotatable bonds is 7. The molecule has 1 aromatic rings. The molecule has 0 saturated carbocycles. The first kappa shape index (κ1) is 20.6. The minimum atomic E-state index is -0.529. The summed E-state index contributed by atoms with van der Waals surface area (Å²) in [7, 11) is 5.32. The lowest BCUT2D eigenvalue weighted by molar-refractivity contribution is 0.232. The fraction of sp³-hybridized carbons (Fsp3) is 0.632. The SMILES string of the molecule is CN=C(NCCN1CCCCC1)NCC(c1c(F)cccc1F)N(C)C. The van der Waals surface area contributed by atoms with Crippen molar-refractivity contribution in [1.29, 1.82) is 0 Å². The van der Waals surface area contributed by atoms with Gasteiger partial charge in [0.25, 0.3) is 0 Å². The molecule has 0 spiro atoms. The second-order valence-electron chi connectivity index (χ2n) is 6.90. The average Bonchev–Trinajstić information content (AvgIpc) is 2.63. The van der Waals surface area contributed by atoms with E-state index in [4.69, 9.17) is 0 Å². The highest BCUT2D eigenvalue weighted by molar-refractivity contribution is 5.79. The van der Waals surface area contributed by atoms with Gasteiger partial charge in [-0.1, -0.05) is 12.5 Å². The van der Waals surface area contributed by atoms with Crippen molar-refractivity contribution in [3.05, 3.63) is 35.4 Å². The molecule has 0 bridgehead atoms. The monoisotopic (exact) mass is 367 g/mol. The lowest BCUT2D eigenvalue weighted by atomic mass is 10.0. The van der Waals surface area contributed by atoms with Crippen LogP contribution in [0.15, 0.2) is 23.2 Å². The van der Waals surface area contributed by atoms with Gasteiger partial charge in [0.1, 0.15) is 11.6 Å². The molecular formula is C19H31F2N5. The lowest BCUT2D eigenvalue weighted by Crippen LogP contribution is -2.45. The minimum absolute atomic E-state index is 0.0776. The molecule has 146 valence electrons. The van der Waals surface area contributed by atoms with E-state index in [1.165, 1.54) is 37.5 Å². The molecule has 1 aliphatic rings. The fourth-order valence-corrected chi connectivity index (χ4v) is 3.30. The predicted molar refractivity (Wildman–Crippen MR) is 102 cm³/mol. The van der Waals surface area contributed by atoms with Gasteiger partial charge in [0, 0.05) is 32.2 Å². The van der Waals surface area contributed by atoms with Crippen molar-refractivity contribution in [2.75, 3.05) is 53.9 Å². The molecule has 0 aromatic heterocycles. The summed E-state index contributed by atoms with van der Waals surface area (Å²) in [4.78, 5) is 8.46. The van der Waals surface area contributed by atoms with Crippen LogP contribution in [0.4, 0.5) is 8.78 Å². The van der Waals surface area contributed by atoms with Gasteiger partial charge in [0.15, 0.2) is 5.96 Å².